The maximum absolute atomic E-state index is 12.9. The summed E-state index contributed by atoms with van der Waals surface area (Å²) in [4.78, 5) is 47.7. The largest absolute Gasteiger partial charge is 0.465 e. The molecule has 214 valence electrons. The molecule has 3 amide bonds. The minimum absolute atomic E-state index is 0.116. The number of nitrogens with one attached hydrogen (secondary N) is 1. The average molecular weight is 567 g/mol. The number of carbonyl (C=O) groups excluding carboxylic acids is 2. The van der Waals surface area contributed by atoms with E-state index in [1.165, 1.54) is 4.90 Å². The van der Waals surface area contributed by atoms with E-state index in [0.29, 0.717) is 48.8 Å². The molecule has 1 aliphatic heterocycles. The Labute approximate surface area is 242 Å². The Bertz CT molecular complexity index is 1700. The number of aromatic nitrogens is 3. The van der Waals surface area contributed by atoms with Crippen molar-refractivity contribution < 1.29 is 24.2 Å². The van der Waals surface area contributed by atoms with E-state index in [-0.39, 0.29) is 5.91 Å². The number of benzene rings is 1. The first-order chi connectivity index (χ1) is 20.1. The summed E-state index contributed by atoms with van der Waals surface area (Å²) in [6.45, 7) is 6.71. The quantitative estimate of drug-likeness (QED) is 0.347. The van der Waals surface area contributed by atoms with Gasteiger partial charge in [-0.2, -0.15) is 0 Å². The van der Waals surface area contributed by atoms with E-state index in [1.807, 2.05) is 34.9 Å². The van der Waals surface area contributed by atoms with Crippen LogP contribution in [0.25, 0.3) is 16.8 Å². The zero-order valence-electron chi connectivity index (χ0n) is 23.5. The lowest BCUT2D eigenvalue weighted by molar-refractivity contribution is 0.0623. The predicted octanol–water partition coefficient (Wildman–Crippen LogP) is 4.58. The van der Waals surface area contributed by atoms with E-state index in [2.05, 4.69) is 27.1 Å². The number of amides is 3. The second-order valence-electron chi connectivity index (χ2n) is 10.7. The highest BCUT2D eigenvalue weighted by Crippen LogP contribution is 2.22. The van der Waals surface area contributed by atoms with Crippen molar-refractivity contribution in [3.63, 3.8) is 0 Å². The zero-order chi connectivity index (χ0) is 29.9. The van der Waals surface area contributed by atoms with Crippen molar-refractivity contribution >= 4 is 29.6 Å². The van der Waals surface area contributed by atoms with Crippen molar-refractivity contribution in [2.45, 2.75) is 26.4 Å². The fourth-order valence-corrected chi connectivity index (χ4v) is 4.45. The SMILES string of the molecule is CC(C)(C)OC(=O)Nc1cc(C#Cc2cnc3ccc(-c4ccc(C(=O)N5CCN(C(=O)O)CC5)cc4)cn23)ccn1. The molecule has 0 bridgehead atoms. The van der Waals surface area contributed by atoms with Crippen molar-refractivity contribution in [2.24, 2.45) is 0 Å². The second-order valence-corrected chi connectivity index (χ2v) is 10.7. The van der Waals surface area contributed by atoms with Gasteiger partial charge >= 0.3 is 12.2 Å². The Morgan fingerprint density at radius 3 is 2.29 bits per heavy atom. The van der Waals surface area contributed by atoms with Gasteiger partial charge in [-0.1, -0.05) is 18.1 Å². The molecule has 0 atom stereocenters. The molecule has 3 aromatic heterocycles. The number of carbonyl (C=O) groups is 3. The molecule has 4 heterocycles. The molecule has 1 fully saturated rings. The van der Waals surface area contributed by atoms with Crippen LogP contribution in [0.1, 0.15) is 42.4 Å². The molecular weight excluding hydrogens is 536 g/mol. The van der Waals surface area contributed by atoms with Gasteiger partial charge in [0, 0.05) is 49.7 Å². The summed E-state index contributed by atoms with van der Waals surface area (Å²) in [5.74, 6) is 6.46. The van der Waals surface area contributed by atoms with Gasteiger partial charge in [-0.05, 0) is 74.2 Å². The lowest BCUT2D eigenvalue weighted by Gasteiger charge is -2.33. The van der Waals surface area contributed by atoms with Gasteiger partial charge in [-0.25, -0.2) is 19.6 Å². The molecule has 0 aliphatic carbocycles. The summed E-state index contributed by atoms with van der Waals surface area (Å²) in [5, 5.41) is 11.7. The van der Waals surface area contributed by atoms with Gasteiger partial charge in [0.25, 0.3) is 5.91 Å². The highest BCUT2D eigenvalue weighted by Gasteiger charge is 2.24. The molecule has 1 aliphatic rings. The van der Waals surface area contributed by atoms with Crippen LogP contribution >= 0.6 is 0 Å². The molecule has 11 heteroatoms. The normalized spacial score (nSPS) is 13.3. The van der Waals surface area contributed by atoms with Crippen molar-refractivity contribution in [3.8, 4) is 23.0 Å². The highest BCUT2D eigenvalue weighted by atomic mass is 16.6. The van der Waals surface area contributed by atoms with E-state index in [9.17, 15) is 14.4 Å². The van der Waals surface area contributed by atoms with Crippen LogP contribution in [0.4, 0.5) is 15.4 Å². The van der Waals surface area contributed by atoms with Crippen molar-refractivity contribution in [1.82, 2.24) is 24.2 Å². The number of hydrogen-bond donors (Lipinski definition) is 2. The van der Waals surface area contributed by atoms with Crippen molar-refractivity contribution in [2.75, 3.05) is 31.5 Å². The third-order valence-corrected chi connectivity index (χ3v) is 6.53. The third kappa shape index (κ3) is 6.67. The molecule has 0 spiro atoms. The second kappa shape index (κ2) is 11.6. The minimum atomic E-state index is -0.963. The van der Waals surface area contributed by atoms with E-state index in [0.717, 1.165) is 16.8 Å². The number of imidazole rings is 1. The van der Waals surface area contributed by atoms with Gasteiger partial charge in [-0.15, -0.1) is 0 Å². The summed E-state index contributed by atoms with van der Waals surface area (Å²) in [7, 11) is 0. The van der Waals surface area contributed by atoms with Gasteiger partial charge in [0.15, 0.2) is 0 Å². The van der Waals surface area contributed by atoms with Gasteiger partial charge in [0.1, 0.15) is 22.8 Å². The number of piperazine rings is 1. The maximum atomic E-state index is 12.9. The Morgan fingerprint density at radius 1 is 0.905 bits per heavy atom. The number of anilines is 1. The van der Waals surface area contributed by atoms with Crippen LogP contribution in [0.5, 0.6) is 0 Å². The number of pyridine rings is 2. The van der Waals surface area contributed by atoms with E-state index in [4.69, 9.17) is 9.84 Å². The van der Waals surface area contributed by atoms with Gasteiger partial charge < -0.3 is 19.6 Å². The van der Waals surface area contributed by atoms with E-state index >= 15 is 0 Å². The summed E-state index contributed by atoms with van der Waals surface area (Å²) < 4.78 is 7.17. The first kappa shape index (κ1) is 28.2. The Balaban J connectivity index is 1.30. The maximum Gasteiger partial charge on any atom is 0.413 e. The van der Waals surface area contributed by atoms with Crippen LogP contribution in [-0.2, 0) is 4.74 Å². The molecule has 2 N–H and O–H groups in total. The number of ether oxygens (including phenoxy) is 1. The Hall–Kier alpha value is -5.37. The number of rotatable bonds is 3. The first-order valence-electron chi connectivity index (χ1n) is 13.4. The number of fused-ring (bicyclic) bond motifs is 1. The first-order valence-corrected chi connectivity index (χ1v) is 13.4. The van der Waals surface area contributed by atoms with Crippen LogP contribution in [-0.4, -0.2) is 79.1 Å². The number of hydrogen-bond acceptors (Lipinski definition) is 6. The van der Waals surface area contributed by atoms with Gasteiger partial charge in [0.2, 0.25) is 0 Å². The molecule has 42 heavy (non-hydrogen) atoms. The van der Waals surface area contributed by atoms with Gasteiger partial charge in [-0.3, -0.25) is 14.5 Å². The fourth-order valence-electron chi connectivity index (χ4n) is 4.45. The van der Waals surface area contributed by atoms with Crippen LogP contribution in [0, 0.1) is 11.8 Å². The predicted molar refractivity (Wildman–Crippen MR) is 156 cm³/mol. The summed E-state index contributed by atoms with van der Waals surface area (Å²) in [5.41, 5.74) is 3.84. The molecule has 11 nitrogen and oxygen atoms in total. The lowest BCUT2D eigenvalue weighted by Crippen LogP contribution is -2.50. The summed E-state index contributed by atoms with van der Waals surface area (Å²) >= 11 is 0. The third-order valence-electron chi connectivity index (χ3n) is 6.53. The van der Waals surface area contributed by atoms with Crippen molar-refractivity contribution in [1.29, 1.82) is 0 Å². The van der Waals surface area contributed by atoms with Crippen LogP contribution in [0.15, 0.2) is 67.1 Å². The van der Waals surface area contributed by atoms with E-state index < -0.39 is 17.8 Å². The number of nitrogens with zero attached hydrogens (tertiary/aromatic N) is 5. The van der Waals surface area contributed by atoms with Crippen molar-refractivity contribution in [3.05, 3.63) is 83.9 Å². The lowest BCUT2D eigenvalue weighted by atomic mass is 10.0. The fraction of sp³-hybridized carbons (Fsp3) is 0.258. The minimum Gasteiger partial charge on any atom is -0.465 e. The van der Waals surface area contributed by atoms with Crippen LogP contribution in [0.3, 0.4) is 0 Å². The summed E-state index contributed by atoms with van der Waals surface area (Å²) in [6, 6.07) is 14.6. The van der Waals surface area contributed by atoms with Crippen LogP contribution in [0.2, 0.25) is 0 Å². The molecule has 1 saturated heterocycles. The molecule has 1 aromatic carbocycles. The highest BCUT2D eigenvalue weighted by molar-refractivity contribution is 5.95. The van der Waals surface area contributed by atoms with E-state index in [1.54, 1.807) is 62.3 Å². The van der Waals surface area contributed by atoms with Crippen LogP contribution < -0.4 is 5.32 Å². The molecule has 5 rings (SSSR count). The summed E-state index contributed by atoms with van der Waals surface area (Å²) in [6.07, 6.45) is 3.64. The van der Waals surface area contributed by atoms with Gasteiger partial charge in [0.05, 0.1) is 6.20 Å². The topological polar surface area (TPSA) is 129 Å². The number of carboxylic acid groups (broad SMARTS) is 1. The molecule has 4 aromatic rings. The average Bonchev–Trinajstić information content (AvgIpc) is 3.37. The molecular formula is C31H30N6O5. The molecule has 0 unspecified atom stereocenters. The smallest absolute Gasteiger partial charge is 0.413 e. The zero-order valence-corrected chi connectivity index (χ0v) is 23.5. The Morgan fingerprint density at radius 2 is 1.60 bits per heavy atom. The molecule has 0 saturated carbocycles. The monoisotopic (exact) mass is 566 g/mol. The molecule has 0 radical (unpaired) electrons. The standard InChI is InChI=1S/C31H30N6O5/c1-31(2,3)42-29(39)34-26-18-21(12-13-32-26)4-10-25-19-33-27-11-9-24(20-37(25)27)22-5-7-23(8-6-22)28(38)35-14-16-36(17-15-35)30(40)41/h5-9,11-13,18-20H,14-17H2,1-3H3,(H,40,41)(H,32,34,39). The Kier molecular flexibility index (Phi) is 7.80.